The minimum absolute atomic E-state index is 0.0358. The summed E-state index contributed by atoms with van der Waals surface area (Å²) < 4.78 is 41.3. The maximum atomic E-state index is 14.0. The molecule has 2 saturated heterocycles. The highest BCUT2D eigenvalue weighted by atomic mass is 32.2. The summed E-state index contributed by atoms with van der Waals surface area (Å²) in [6.45, 7) is 1.06. The summed E-state index contributed by atoms with van der Waals surface area (Å²) in [6, 6.07) is 12.1. The standard InChI is InChI=1S/C22H24FN3O4S/c23-19-9-2-3-10-20(19)26-15-16(13-21(26)27)22(28)24-17-7-6-8-18(14-17)31(29,30)25-11-4-1-5-12-25/h2-3,6-10,14,16H,1,4-5,11-13,15H2,(H,24,28). The molecule has 0 aromatic heterocycles. The van der Waals surface area contributed by atoms with Crippen molar-refractivity contribution in [3.05, 3.63) is 54.3 Å². The molecule has 7 nitrogen and oxygen atoms in total. The van der Waals surface area contributed by atoms with Crippen LogP contribution in [0.25, 0.3) is 0 Å². The smallest absolute Gasteiger partial charge is 0.243 e. The predicted octanol–water partition coefficient (Wildman–Crippen LogP) is 2.99. The number of anilines is 2. The molecule has 2 aromatic rings. The van der Waals surface area contributed by atoms with Crippen molar-refractivity contribution in [2.75, 3.05) is 29.9 Å². The van der Waals surface area contributed by atoms with E-state index in [9.17, 15) is 22.4 Å². The number of sulfonamides is 1. The number of halogens is 1. The Bertz CT molecular complexity index is 1100. The van der Waals surface area contributed by atoms with Gasteiger partial charge >= 0.3 is 0 Å². The molecule has 0 bridgehead atoms. The second-order valence-corrected chi connectivity index (χ2v) is 9.78. The van der Waals surface area contributed by atoms with Gasteiger partial charge < -0.3 is 10.2 Å². The molecule has 0 aliphatic carbocycles. The van der Waals surface area contributed by atoms with Crippen molar-refractivity contribution in [1.82, 2.24) is 4.31 Å². The van der Waals surface area contributed by atoms with Gasteiger partial charge in [0.25, 0.3) is 0 Å². The highest BCUT2D eigenvalue weighted by Gasteiger charge is 2.36. The van der Waals surface area contributed by atoms with Gasteiger partial charge in [-0.3, -0.25) is 9.59 Å². The number of hydrogen-bond acceptors (Lipinski definition) is 4. The third kappa shape index (κ3) is 4.47. The van der Waals surface area contributed by atoms with Crippen molar-refractivity contribution < 1.29 is 22.4 Å². The van der Waals surface area contributed by atoms with Gasteiger partial charge in [0.15, 0.2) is 0 Å². The lowest BCUT2D eigenvalue weighted by atomic mass is 10.1. The Kier molecular flexibility index (Phi) is 6.06. The maximum absolute atomic E-state index is 14.0. The van der Waals surface area contributed by atoms with Crippen LogP contribution in [0, 0.1) is 11.7 Å². The number of nitrogens with one attached hydrogen (secondary N) is 1. The molecule has 2 fully saturated rings. The first-order chi connectivity index (χ1) is 14.9. The number of amides is 2. The molecule has 9 heteroatoms. The summed E-state index contributed by atoms with van der Waals surface area (Å²) in [6.07, 6.45) is 2.66. The topological polar surface area (TPSA) is 86.8 Å². The Morgan fingerprint density at radius 2 is 1.77 bits per heavy atom. The van der Waals surface area contributed by atoms with E-state index in [1.165, 1.54) is 39.5 Å². The minimum Gasteiger partial charge on any atom is -0.326 e. The van der Waals surface area contributed by atoms with Crippen molar-refractivity contribution in [2.24, 2.45) is 5.92 Å². The van der Waals surface area contributed by atoms with E-state index in [0.717, 1.165) is 19.3 Å². The molecule has 1 N–H and O–H groups in total. The maximum Gasteiger partial charge on any atom is 0.243 e. The lowest BCUT2D eigenvalue weighted by Gasteiger charge is -2.26. The van der Waals surface area contributed by atoms with Crippen LogP contribution >= 0.6 is 0 Å². The third-order valence-corrected chi connectivity index (χ3v) is 7.59. The van der Waals surface area contributed by atoms with E-state index < -0.39 is 27.7 Å². The molecule has 2 heterocycles. The van der Waals surface area contributed by atoms with E-state index >= 15 is 0 Å². The summed E-state index contributed by atoms with van der Waals surface area (Å²) in [5.41, 5.74) is 0.497. The van der Waals surface area contributed by atoms with E-state index in [-0.39, 0.29) is 29.5 Å². The van der Waals surface area contributed by atoms with Crippen LogP contribution < -0.4 is 10.2 Å². The molecule has 2 aliphatic rings. The van der Waals surface area contributed by atoms with Crippen molar-refractivity contribution in [3.8, 4) is 0 Å². The third-order valence-electron chi connectivity index (χ3n) is 5.69. The average molecular weight is 446 g/mol. The molecular formula is C22H24FN3O4S. The molecule has 2 amide bonds. The average Bonchev–Trinajstić information content (AvgIpc) is 3.16. The highest BCUT2D eigenvalue weighted by Crippen LogP contribution is 2.28. The van der Waals surface area contributed by atoms with Gasteiger partial charge in [0.1, 0.15) is 5.82 Å². The van der Waals surface area contributed by atoms with E-state index in [1.54, 1.807) is 18.2 Å². The number of carbonyl (C=O) groups excluding carboxylic acids is 2. The number of carbonyl (C=O) groups is 2. The Balaban J connectivity index is 1.46. The fraction of sp³-hybridized carbons (Fsp3) is 0.364. The second kappa shape index (κ2) is 8.76. The Labute approximate surface area is 180 Å². The molecule has 4 rings (SSSR count). The summed E-state index contributed by atoms with van der Waals surface area (Å²) in [4.78, 5) is 26.5. The number of nitrogens with zero attached hydrogens (tertiary/aromatic N) is 2. The van der Waals surface area contributed by atoms with Crippen molar-refractivity contribution in [1.29, 1.82) is 0 Å². The summed E-state index contributed by atoms with van der Waals surface area (Å²) in [5, 5.41) is 2.71. The molecular weight excluding hydrogens is 421 g/mol. The molecule has 0 spiro atoms. The minimum atomic E-state index is -3.62. The van der Waals surface area contributed by atoms with Crippen LogP contribution in [0.15, 0.2) is 53.4 Å². The first kappa shape index (κ1) is 21.5. The van der Waals surface area contributed by atoms with Crippen molar-refractivity contribution in [3.63, 3.8) is 0 Å². The zero-order valence-corrected chi connectivity index (χ0v) is 17.8. The monoisotopic (exact) mass is 445 g/mol. The SMILES string of the molecule is O=C(Nc1cccc(S(=O)(=O)N2CCCCC2)c1)C1CC(=O)N(c2ccccc2F)C1. The molecule has 0 radical (unpaired) electrons. The van der Waals surface area contributed by atoms with Crippen molar-refractivity contribution in [2.45, 2.75) is 30.6 Å². The van der Waals surface area contributed by atoms with Crippen molar-refractivity contribution >= 4 is 33.2 Å². The summed E-state index contributed by atoms with van der Waals surface area (Å²) in [5.74, 6) is -1.91. The zero-order chi connectivity index (χ0) is 22.0. The highest BCUT2D eigenvalue weighted by molar-refractivity contribution is 7.89. The van der Waals surface area contributed by atoms with Gasteiger partial charge in [-0.25, -0.2) is 12.8 Å². The van der Waals surface area contributed by atoms with Crippen LogP contribution in [0.3, 0.4) is 0 Å². The molecule has 164 valence electrons. The van der Waals surface area contributed by atoms with Crippen LogP contribution in [-0.4, -0.2) is 44.2 Å². The molecule has 1 unspecified atom stereocenters. The lowest BCUT2D eigenvalue weighted by molar-refractivity contribution is -0.122. The van der Waals surface area contributed by atoms with E-state index in [4.69, 9.17) is 0 Å². The van der Waals surface area contributed by atoms with E-state index in [0.29, 0.717) is 18.8 Å². The van der Waals surface area contributed by atoms with Crippen LogP contribution in [-0.2, 0) is 19.6 Å². The Morgan fingerprint density at radius 3 is 2.52 bits per heavy atom. The van der Waals surface area contributed by atoms with Crippen LogP contribution in [0.2, 0.25) is 0 Å². The number of piperidine rings is 1. The molecule has 31 heavy (non-hydrogen) atoms. The molecule has 2 aromatic carbocycles. The molecule has 1 atom stereocenters. The van der Waals surface area contributed by atoms with E-state index in [1.807, 2.05) is 0 Å². The zero-order valence-electron chi connectivity index (χ0n) is 17.0. The Hall–Kier alpha value is -2.78. The van der Waals surface area contributed by atoms with Gasteiger partial charge in [0, 0.05) is 31.7 Å². The van der Waals surface area contributed by atoms with Gasteiger partial charge in [-0.05, 0) is 43.2 Å². The summed E-state index contributed by atoms with van der Waals surface area (Å²) in [7, 11) is -3.62. The second-order valence-electron chi connectivity index (χ2n) is 7.84. The lowest BCUT2D eigenvalue weighted by Crippen LogP contribution is -2.35. The number of hydrogen-bond donors (Lipinski definition) is 1. The number of para-hydroxylation sites is 1. The summed E-state index contributed by atoms with van der Waals surface area (Å²) >= 11 is 0. The normalized spacial score (nSPS) is 20.1. The van der Waals surface area contributed by atoms with Gasteiger partial charge in [0.2, 0.25) is 21.8 Å². The van der Waals surface area contributed by atoms with Gasteiger partial charge in [-0.15, -0.1) is 0 Å². The number of rotatable bonds is 5. The first-order valence-electron chi connectivity index (χ1n) is 10.3. The van der Waals surface area contributed by atoms with Crippen LogP contribution in [0.5, 0.6) is 0 Å². The molecule has 0 saturated carbocycles. The first-order valence-corrected chi connectivity index (χ1v) is 11.8. The Morgan fingerprint density at radius 1 is 1.03 bits per heavy atom. The largest absolute Gasteiger partial charge is 0.326 e. The van der Waals surface area contributed by atoms with Gasteiger partial charge in [0.05, 0.1) is 16.5 Å². The van der Waals surface area contributed by atoms with Crippen LogP contribution in [0.4, 0.5) is 15.8 Å². The predicted molar refractivity (Wildman–Crippen MR) is 115 cm³/mol. The number of benzene rings is 2. The molecule has 2 aliphatic heterocycles. The van der Waals surface area contributed by atoms with Gasteiger partial charge in [-0.2, -0.15) is 4.31 Å². The van der Waals surface area contributed by atoms with E-state index in [2.05, 4.69) is 5.32 Å². The van der Waals surface area contributed by atoms with Crippen LogP contribution in [0.1, 0.15) is 25.7 Å². The fourth-order valence-electron chi connectivity index (χ4n) is 4.02. The quantitative estimate of drug-likeness (QED) is 0.767. The fourth-order valence-corrected chi connectivity index (χ4v) is 5.58. The van der Waals surface area contributed by atoms with Gasteiger partial charge in [-0.1, -0.05) is 24.6 Å².